The fraction of sp³-hybridized carbons (Fsp3) is 0.333. The van der Waals surface area contributed by atoms with E-state index in [-0.39, 0.29) is 5.91 Å². The Hall–Kier alpha value is -1.76. The van der Waals surface area contributed by atoms with E-state index in [2.05, 4.69) is 27.1 Å². The van der Waals surface area contributed by atoms with Gasteiger partial charge >= 0.3 is 0 Å². The van der Waals surface area contributed by atoms with Gasteiger partial charge in [0.2, 0.25) is 5.91 Å². The zero-order chi connectivity index (χ0) is 9.52. The zero-order valence-electron chi connectivity index (χ0n) is 7.42. The van der Waals surface area contributed by atoms with E-state index >= 15 is 0 Å². The molecule has 0 radical (unpaired) electrons. The van der Waals surface area contributed by atoms with Crippen molar-refractivity contribution in [1.29, 1.82) is 0 Å². The number of aromatic nitrogens is 2. The Balaban J connectivity index is 2.22. The number of hydrogen-bond donors (Lipinski definition) is 2. The number of carbonyl (C=O) groups is 1. The molecule has 2 N–H and O–H groups in total. The van der Waals surface area contributed by atoms with Gasteiger partial charge in [-0.1, -0.05) is 5.92 Å². The highest BCUT2D eigenvalue weighted by molar-refractivity contribution is 5.72. The SMILES string of the molecule is CC(=O)NCCC#Cc1ncc[nH]1. The van der Waals surface area contributed by atoms with Gasteiger partial charge in [-0.15, -0.1) is 0 Å². The van der Waals surface area contributed by atoms with Crippen LogP contribution in [0.15, 0.2) is 12.4 Å². The topological polar surface area (TPSA) is 57.8 Å². The van der Waals surface area contributed by atoms with Gasteiger partial charge in [-0.05, 0) is 5.92 Å². The minimum atomic E-state index is -0.0280. The van der Waals surface area contributed by atoms with Crippen molar-refractivity contribution in [2.24, 2.45) is 0 Å². The lowest BCUT2D eigenvalue weighted by Crippen LogP contribution is -2.20. The first-order chi connectivity index (χ1) is 6.29. The molecule has 0 unspecified atom stereocenters. The molecule has 0 aliphatic carbocycles. The Kier molecular flexibility index (Phi) is 3.58. The molecule has 1 aromatic heterocycles. The number of H-pyrrole nitrogens is 1. The number of imidazole rings is 1. The molecule has 0 aliphatic heterocycles. The van der Waals surface area contributed by atoms with Crippen molar-refractivity contribution in [2.75, 3.05) is 6.54 Å². The molecule has 13 heavy (non-hydrogen) atoms. The van der Waals surface area contributed by atoms with Gasteiger partial charge < -0.3 is 10.3 Å². The first kappa shape index (κ1) is 9.33. The van der Waals surface area contributed by atoms with Crippen molar-refractivity contribution in [1.82, 2.24) is 15.3 Å². The van der Waals surface area contributed by atoms with Crippen LogP contribution in [0.25, 0.3) is 0 Å². The lowest BCUT2D eigenvalue weighted by Gasteiger charge is -1.93. The largest absolute Gasteiger partial charge is 0.355 e. The van der Waals surface area contributed by atoms with Crippen molar-refractivity contribution < 1.29 is 4.79 Å². The second-order valence-electron chi connectivity index (χ2n) is 2.47. The van der Waals surface area contributed by atoms with E-state index in [0.29, 0.717) is 18.8 Å². The predicted molar refractivity (Wildman–Crippen MR) is 48.8 cm³/mol. The molecule has 0 atom stereocenters. The first-order valence-electron chi connectivity index (χ1n) is 4.02. The van der Waals surface area contributed by atoms with Crippen molar-refractivity contribution in [3.63, 3.8) is 0 Å². The highest BCUT2D eigenvalue weighted by Crippen LogP contribution is 1.83. The van der Waals surface area contributed by atoms with E-state index in [1.807, 2.05) is 0 Å². The van der Waals surface area contributed by atoms with Crippen LogP contribution < -0.4 is 5.32 Å². The van der Waals surface area contributed by atoms with Gasteiger partial charge in [0.1, 0.15) is 0 Å². The van der Waals surface area contributed by atoms with E-state index in [1.54, 1.807) is 12.4 Å². The number of rotatable bonds is 2. The summed E-state index contributed by atoms with van der Waals surface area (Å²) in [5.74, 6) is 6.34. The monoisotopic (exact) mass is 177 g/mol. The maximum Gasteiger partial charge on any atom is 0.216 e. The third-order valence-corrected chi connectivity index (χ3v) is 1.33. The number of hydrogen-bond acceptors (Lipinski definition) is 2. The lowest BCUT2D eigenvalue weighted by atomic mass is 10.4. The van der Waals surface area contributed by atoms with Crippen molar-refractivity contribution in [3.8, 4) is 11.8 Å². The maximum absolute atomic E-state index is 10.5. The minimum Gasteiger partial charge on any atom is -0.355 e. The lowest BCUT2D eigenvalue weighted by molar-refractivity contribution is -0.118. The van der Waals surface area contributed by atoms with Crippen LogP contribution in [0, 0.1) is 11.8 Å². The summed E-state index contributed by atoms with van der Waals surface area (Å²) >= 11 is 0. The van der Waals surface area contributed by atoms with E-state index < -0.39 is 0 Å². The fourth-order valence-electron chi connectivity index (χ4n) is 0.781. The molecule has 0 saturated heterocycles. The Morgan fingerprint density at radius 1 is 1.77 bits per heavy atom. The Bertz CT molecular complexity index is 318. The number of amides is 1. The Labute approximate surface area is 76.8 Å². The van der Waals surface area contributed by atoms with Gasteiger partial charge in [0.05, 0.1) is 0 Å². The molecule has 68 valence electrons. The highest BCUT2D eigenvalue weighted by Gasteiger charge is 1.87. The van der Waals surface area contributed by atoms with E-state index in [9.17, 15) is 4.79 Å². The molecule has 1 heterocycles. The van der Waals surface area contributed by atoms with Crippen LogP contribution in [-0.4, -0.2) is 22.4 Å². The quantitative estimate of drug-likeness (QED) is 0.504. The average molecular weight is 177 g/mol. The molecule has 0 aromatic carbocycles. The molecular formula is C9H11N3O. The summed E-state index contributed by atoms with van der Waals surface area (Å²) in [5.41, 5.74) is 0. The van der Waals surface area contributed by atoms with Gasteiger partial charge in [-0.3, -0.25) is 4.79 Å². The van der Waals surface area contributed by atoms with Crippen LogP contribution in [0.2, 0.25) is 0 Å². The van der Waals surface area contributed by atoms with Gasteiger partial charge in [-0.25, -0.2) is 4.98 Å². The third kappa shape index (κ3) is 3.97. The summed E-state index contributed by atoms with van der Waals surface area (Å²) in [6.07, 6.45) is 4.01. The number of nitrogens with zero attached hydrogens (tertiary/aromatic N) is 1. The maximum atomic E-state index is 10.5. The number of carbonyl (C=O) groups excluding carboxylic acids is 1. The molecule has 1 aromatic rings. The molecule has 4 nitrogen and oxygen atoms in total. The highest BCUT2D eigenvalue weighted by atomic mass is 16.1. The van der Waals surface area contributed by atoms with Crippen LogP contribution in [0.3, 0.4) is 0 Å². The summed E-state index contributed by atoms with van der Waals surface area (Å²) in [7, 11) is 0. The van der Waals surface area contributed by atoms with Crippen LogP contribution in [0.4, 0.5) is 0 Å². The van der Waals surface area contributed by atoms with Gasteiger partial charge in [0, 0.05) is 32.3 Å². The summed E-state index contributed by atoms with van der Waals surface area (Å²) in [5, 5.41) is 2.65. The normalized spacial score (nSPS) is 8.69. The van der Waals surface area contributed by atoms with Crippen LogP contribution in [-0.2, 0) is 4.79 Å². The van der Waals surface area contributed by atoms with E-state index in [0.717, 1.165) is 0 Å². The van der Waals surface area contributed by atoms with Gasteiger partial charge in [0.15, 0.2) is 5.82 Å². The van der Waals surface area contributed by atoms with Crippen molar-refractivity contribution in [3.05, 3.63) is 18.2 Å². The van der Waals surface area contributed by atoms with E-state index in [4.69, 9.17) is 0 Å². The average Bonchev–Trinajstić information content (AvgIpc) is 2.55. The van der Waals surface area contributed by atoms with Gasteiger partial charge in [-0.2, -0.15) is 0 Å². The summed E-state index contributed by atoms with van der Waals surface area (Å²) in [6, 6.07) is 0. The smallest absolute Gasteiger partial charge is 0.216 e. The molecule has 1 amide bonds. The predicted octanol–water partition coefficient (Wildman–Crippen LogP) is 0.287. The molecule has 0 fully saturated rings. The molecule has 4 heteroatoms. The third-order valence-electron chi connectivity index (χ3n) is 1.33. The number of aromatic amines is 1. The molecule has 0 saturated carbocycles. The second kappa shape index (κ2) is 4.99. The van der Waals surface area contributed by atoms with Crippen LogP contribution in [0.5, 0.6) is 0 Å². The van der Waals surface area contributed by atoms with Crippen molar-refractivity contribution >= 4 is 5.91 Å². The number of nitrogens with one attached hydrogen (secondary N) is 2. The molecule has 0 bridgehead atoms. The van der Waals surface area contributed by atoms with Crippen LogP contribution >= 0.6 is 0 Å². The molecule has 0 spiro atoms. The summed E-state index contributed by atoms with van der Waals surface area (Å²) in [4.78, 5) is 17.3. The first-order valence-corrected chi connectivity index (χ1v) is 4.02. The standard InChI is InChI=1S/C9H11N3O/c1-8(13)10-5-3-2-4-9-11-6-7-12-9/h6-7H,3,5H2,1H3,(H,10,13)(H,11,12). The minimum absolute atomic E-state index is 0.0280. The van der Waals surface area contributed by atoms with Crippen molar-refractivity contribution in [2.45, 2.75) is 13.3 Å². The molecule has 0 aliphatic rings. The summed E-state index contributed by atoms with van der Waals surface area (Å²) in [6.45, 7) is 2.07. The Morgan fingerprint density at radius 3 is 3.23 bits per heavy atom. The second-order valence-corrected chi connectivity index (χ2v) is 2.47. The van der Waals surface area contributed by atoms with E-state index in [1.165, 1.54) is 6.92 Å². The molecule has 1 rings (SSSR count). The zero-order valence-corrected chi connectivity index (χ0v) is 7.42. The summed E-state index contributed by atoms with van der Waals surface area (Å²) < 4.78 is 0. The Morgan fingerprint density at radius 2 is 2.62 bits per heavy atom. The van der Waals surface area contributed by atoms with Crippen LogP contribution in [0.1, 0.15) is 19.2 Å². The molecular weight excluding hydrogens is 166 g/mol. The van der Waals surface area contributed by atoms with Gasteiger partial charge in [0.25, 0.3) is 0 Å². The fourth-order valence-corrected chi connectivity index (χ4v) is 0.781.